The topological polar surface area (TPSA) is 134 Å². The third-order valence-corrected chi connectivity index (χ3v) is 7.50. The first-order valence-electron chi connectivity index (χ1n) is 14.7. The second-order valence-corrected chi connectivity index (χ2v) is 10.9. The molecule has 5 N–H and O–H groups in total. The highest BCUT2D eigenvalue weighted by Crippen LogP contribution is 2.28. The molecule has 12 heteroatoms. The molecule has 2 aliphatic rings. The summed E-state index contributed by atoms with van der Waals surface area (Å²) in [5.74, 6) is -0.193. The van der Waals surface area contributed by atoms with Crippen molar-refractivity contribution >= 4 is 44.5 Å². The van der Waals surface area contributed by atoms with Gasteiger partial charge in [0.05, 0.1) is 5.56 Å². The highest BCUT2D eigenvalue weighted by atomic mass is 16.5. The first kappa shape index (κ1) is 32.7. The van der Waals surface area contributed by atoms with Gasteiger partial charge in [-0.2, -0.15) is 0 Å². The van der Waals surface area contributed by atoms with Crippen molar-refractivity contribution in [2.45, 2.75) is 45.7 Å². The second-order valence-electron chi connectivity index (χ2n) is 10.9. The van der Waals surface area contributed by atoms with Crippen molar-refractivity contribution in [2.24, 2.45) is 5.92 Å². The predicted molar refractivity (Wildman–Crippen MR) is 170 cm³/mol. The molecule has 2 aromatic carbocycles. The Labute approximate surface area is 259 Å². The molecule has 0 bridgehead atoms. The van der Waals surface area contributed by atoms with Gasteiger partial charge in [-0.15, -0.1) is 0 Å². The fraction of sp³-hybridized carbons (Fsp3) is 0.312. The summed E-state index contributed by atoms with van der Waals surface area (Å²) in [6, 6.07) is 14.6. The number of hydrogen-bond acceptors (Lipinski definition) is 6. The van der Waals surface area contributed by atoms with Crippen molar-refractivity contribution in [1.29, 1.82) is 0 Å². The van der Waals surface area contributed by atoms with E-state index in [1.165, 1.54) is 0 Å². The maximum absolute atomic E-state index is 13.4. The molecule has 0 aromatic heterocycles. The van der Waals surface area contributed by atoms with Gasteiger partial charge in [0.2, 0.25) is 11.8 Å². The van der Waals surface area contributed by atoms with Crippen molar-refractivity contribution in [3.63, 3.8) is 0 Å². The number of carbonyl (C=O) groups is 2. The molecule has 0 saturated carbocycles. The van der Waals surface area contributed by atoms with Crippen molar-refractivity contribution in [3.8, 4) is 5.75 Å². The van der Waals surface area contributed by atoms with E-state index in [0.29, 0.717) is 63.5 Å². The van der Waals surface area contributed by atoms with E-state index in [-0.39, 0.29) is 11.8 Å². The summed E-state index contributed by atoms with van der Waals surface area (Å²) in [5.41, 5.74) is 4.64. The third kappa shape index (κ3) is 9.12. The van der Waals surface area contributed by atoms with Gasteiger partial charge in [-0.25, -0.2) is 9.15 Å². The molecule has 2 amide bonds. The average molecular weight is 597 g/mol. The number of hydrogen-bond donors (Lipinski definition) is 5. The lowest BCUT2D eigenvalue weighted by Gasteiger charge is -2.20. The van der Waals surface area contributed by atoms with E-state index in [9.17, 15) is 19.6 Å². The average Bonchev–Trinajstić information content (AvgIpc) is 3.02. The van der Waals surface area contributed by atoms with E-state index in [1.54, 1.807) is 25.1 Å². The van der Waals surface area contributed by atoms with Crippen molar-refractivity contribution in [1.82, 2.24) is 10.6 Å². The number of amides is 2. The van der Waals surface area contributed by atoms with Crippen LogP contribution in [0.25, 0.3) is 0 Å². The van der Waals surface area contributed by atoms with E-state index in [1.807, 2.05) is 47.3 Å². The fourth-order valence-electron chi connectivity index (χ4n) is 5.26. The van der Waals surface area contributed by atoms with Crippen molar-refractivity contribution in [3.05, 3.63) is 95.4 Å². The summed E-state index contributed by atoms with van der Waals surface area (Å²) in [4.78, 5) is 25.1. The maximum Gasteiger partial charge on any atom is 0.569 e. The molecular weight excluding hydrogens is 558 g/mol. The van der Waals surface area contributed by atoms with Crippen LogP contribution in [-0.2, 0) is 22.7 Å². The number of carbonyl (C=O) groups excluding carboxylic acids is 2. The lowest BCUT2D eigenvalue weighted by Crippen LogP contribution is -2.38. The highest BCUT2D eigenvalue weighted by molar-refractivity contribution is 6.59. The lowest BCUT2D eigenvalue weighted by atomic mass is 9.77. The van der Waals surface area contributed by atoms with E-state index in [4.69, 9.17) is 9.68 Å². The minimum absolute atomic E-state index is 0.117. The molecule has 0 saturated heterocycles. The molecule has 1 unspecified atom stereocenters. The standard InChI is InChI=1S/C32H37B2N4O6/c1-23(2)31(39)35-14-8-15-36-32(40)28-17-27(21-38(22-28)19-25-9-3-5-12-29(25)34(42)43)24-11-7-16-37(18-24)20-26-10-4-6-13-30(26)44-33-41/h3-6,9-10,12-13,16,18,21-22,28,41-43H,1,7-8,11,14-15,17,19-20H2,2H3/p+2. The minimum Gasteiger partial charge on any atom is -0.537 e. The Balaban J connectivity index is 1.53. The number of benzene rings is 2. The molecular formula is C32H39B2N4O6+2. The number of allylic oxidation sites excluding steroid dienone is 2. The van der Waals surface area contributed by atoms with Gasteiger partial charge in [-0.1, -0.05) is 43.0 Å². The zero-order valence-electron chi connectivity index (χ0n) is 25.0. The molecule has 1 atom stereocenters. The van der Waals surface area contributed by atoms with Crippen LogP contribution in [0, 0.1) is 5.92 Å². The molecule has 227 valence electrons. The summed E-state index contributed by atoms with van der Waals surface area (Å²) < 4.78 is 9.31. The Morgan fingerprint density at radius 1 is 1.00 bits per heavy atom. The van der Waals surface area contributed by atoms with Crippen molar-refractivity contribution < 1.29 is 38.5 Å². The Kier molecular flexibility index (Phi) is 11.9. The summed E-state index contributed by atoms with van der Waals surface area (Å²) in [7, 11) is -0.931. The van der Waals surface area contributed by atoms with Crippen LogP contribution in [-0.4, -0.2) is 76.4 Å². The summed E-state index contributed by atoms with van der Waals surface area (Å²) in [6.07, 6.45) is 10.8. The quantitative estimate of drug-likeness (QED) is 0.0953. The smallest absolute Gasteiger partial charge is 0.537 e. The molecule has 2 heterocycles. The molecule has 0 spiro atoms. The fourth-order valence-corrected chi connectivity index (χ4v) is 5.26. The van der Waals surface area contributed by atoms with Crippen LogP contribution in [0.5, 0.6) is 5.75 Å². The minimum atomic E-state index is -1.61. The molecule has 4 rings (SSSR count). The monoisotopic (exact) mass is 597 g/mol. The zero-order chi connectivity index (χ0) is 31.5. The maximum atomic E-state index is 13.4. The van der Waals surface area contributed by atoms with Crippen LogP contribution in [0.4, 0.5) is 0 Å². The first-order valence-corrected chi connectivity index (χ1v) is 14.7. The van der Waals surface area contributed by atoms with Crippen LogP contribution < -0.4 is 20.8 Å². The third-order valence-electron chi connectivity index (χ3n) is 7.50. The van der Waals surface area contributed by atoms with Crippen LogP contribution in [0.1, 0.15) is 43.7 Å². The van der Waals surface area contributed by atoms with Gasteiger partial charge in [0.25, 0.3) is 0 Å². The van der Waals surface area contributed by atoms with Gasteiger partial charge in [0.15, 0.2) is 31.7 Å². The lowest BCUT2D eigenvalue weighted by molar-refractivity contribution is -0.476. The molecule has 0 fully saturated rings. The van der Waals surface area contributed by atoms with Crippen LogP contribution in [0.2, 0.25) is 0 Å². The molecule has 10 nitrogen and oxygen atoms in total. The molecule has 44 heavy (non-hydrogen) atoms. The number of para-hydroxylation sites is 1. The van der Waals surface area contributed by atoms with E-state index >= 15 is 0 Å². The first-order chi connectivity index (χ1) is 21.2. The van der Waals surface area contributed by atoms with E-state index in [0.717, 1.165) is 35.1 Å². The van der Waals surface area contributed by atoms with Gasteiger partial charge >= 0.3 is 14.8 Å². The van der Waals surface area contributed by atoms with E-state index < -0.39 is 13.0 Å². The normalized spacial score (nSPS) is 16.0. The molecule has 0 aliphatic carbocycles. The van der Waals surface area contributed by atoms with Crippen LogP contribution in [0.15, 0.2) is 84.2 Å². The van der Waals surface area contributed by atoms with Gasteiger partial charge < -0.3 is 30.4 Å². The second kappa shape index (κ2) is 16.0. The Morgan fingerprint density at radius 2 is 1.68 bits per heavy atom. The molecule has 1 radical (unpaired) electrons. The Hall–Kier alpha value is -4.25. The van der Waals surface area contributed by atoms with Crippen molar-refractivity contribution in [2.75, 3.05) is 13.1 Å². The van der Waals surface area contributed by atoms with Gasteiger partial charge in [-0.05, 0) is 43.8 Å². The van der Waals surface area contributed by atoms with Crippen LogP contribution >= 0.6 is 0 Å². The van der Waals surface area contributed by atoms with Crippen LogP contribution in [0.3, 0.4) is 0 Å². The molecule has 2 aliphatic heterocycles. The molecule has 2 aromatic rings. The summed E-state index contributed by atoms with van der Waals surface area (Å²) in [5, 5.41) is 34.8. The Morgan fingerprint density at radius 3 is 2.43 bits per heavy atom. The number of nitrogens with one attached hydrogen (secondary N) is 2. The zero-order valence-corrected chi connectivity index (χ0v) is 25.0. The Bertz CT molecular complexity index is 1500. The SMILES string of the molecule is C=C(C)C(=O)NCCCNC(=O)C1C=[N+](Cc2ccccc2B(O)O)C=C(C2=C[N+](Cc3ccccc3O[B]O)=CCC2)C1. The summed E-state index contributed by atoms with van der Waals surface area (Å²) in [6.45, 7) is 7.03. The van der Waals surface area contributed by atoms with E-state index in [2.05, 4.69) is 34.2 Å². The van der Waals surface area contributed by atoms with Gasteiger partial charge in [0, 0.05) is 41.8 Å². The van der Waals surface area contributed by atoms with Gasteiger partial charge in [-0.3, -0.25) is 9.59 Å². The predicted octanol–water partition coefficient (Wildman–Crippen LogP) is 0.919. The highest BCUT2D eigenvalue weighted by Gasteiger charge is 2.31. The van der Waals surface area contributed by atoms with Gasteiger partial charge in [0.1, 0.15) is 17.9 Å². The summed E-state index contributed by atoms with van der Waals surface area (Å²) >= 11 is 0. The number of nitrogens with zero attached hydrogens (tertiary/aromatic N) is 2. The largest absolute Gasteiger partial charge is 0.569 e. The number of rotatable bonds is 14.